The third-order valence-corrected chi connectivity index (χ3v) is 3.86. The molecule has 94 valence electrons. The molecular formula is C11H5F3INOS. The number of anilines is 1. The Morgan fingerprint density at radius 1 is 1.22 bits per heavy atom. The highest BCUT2D eigenvalue weighted by atomic mass is 127. The minimum absolute atomic E-state index is 0.313. The van der Waals surface area contributed by atoms with Crippen LogP contribution in [-0.2, 0) is 0 Å². The van der Waals surface area contributed by atoms with Gasteiger partial charge < -0.3 is 5.32 Å². The fourth-order valence-electron chi connectivity index (χ4n) is 1.27. The Morgan fingerprint density at radius 3 is 2.56 bits per heavy atom. The zero-order chi connectivity index (χ0) is 13.3. The number of hydrogen-bond acceptors (Lipinski definition) is 2. The van der Waals surface area contributed by atoms with E-state index in [0.717, 1.165) is 8.95 Å². The summed E-state index contributed by atoms with van der Waals surface area (Å²) in [7, 11) is 0. The van der Waals surface area contributed by atoms with Crippen LogP contribution >= 0.6 is 33.9 Å². The summed E-state index contributed by atoms with van der Waals surface area (Å²) in [6.07, 6.45) is 0. The van der Waals surface area contributed by atoms with Gasteiger partial charge in [0.2, 0.25) is 0 Å². The standard InChI is InChI=1S/C11H5F3INOS/c12-6-2-7(13)10(14)8(3-6)16-11(17)5-1-9(15)18-4-5/h1-4H,(H,16,17). The molecule has 0 aliphatic rings. The fourth-order valence-corrected chi connectivity index (χ4v) is 2.60. The minimum Gasteiger partial charge on any atom is -0.319 e. The molecule has 0 atom stereocenters. The van der Waals surface area contributed by atoms with Crippen molar-refractivity contribution < 1.29 is 18.0 Å². The molecule has 0 unspecified atom stereocenters. The SMILES string of the molecule is O=C(Nc1cc(F)cc(F)c1F)c1csc(I)c1. The van der Waals surface area contributed by atoms with Crippen LogP contribution in [0.3, 0.4) is 0 Å². The predicted octanol–water partition coefficient (Wildman–Crippen LogP) is 4.02. The van der Waals surface area contributed by atoms with E-state index in [2.05, 4.69) is 5.32 Å². The van der Waals surface area contributed by atoms with Crippen LogP contribution in [0.1, 0.15) is 10.4 Å². The van der Waals surface area contributed by atoms with Crippen molar-refractivity contribution in [1.29, 1.82) is 0 Å². The van der Waals surface area contributed by atoms with E-state index in [-0.39, 0.29) is 0 Å². The number of nitrogens with one attached hydrogen (secondary N) is 1. The molecule has 2 nitrogen and oxygen atoms in total. The highest BCUT2D eigenvalue weighted by Crippen LogP contribution is 2.21. The average molecular weight is 383 g/mol. The zero-order valence-electron chi connectivity index (χ0n) is 8.64. The average Bonchev–Trinajstić information content (AvgIpc) is 2.72. The fraction of sp³-hybridized carbons (Fsp3) is 0. The Balaban J connectivity index is 2.27. The van der Waals surface area contributed by atoms with Gasteiger partial charge in [0.1, 0.15) is 5.82 Å². The molecule has 1 N–H and O–H groups in total. The minimum atomic E-state index is -1.34. The third-order valence-electron chi connectivity index (χ3n) is 2.07. The van der Waals surface area contributed by atoms with Crippen molar-refractivity contribution in [2.24, 2.45) is 0 Å². The number of rotatable bonds is 2. The predicted molar refractivity (Wildman–Crippen MR) is 71.3 cm³/mol. The lowest BCUT2D eigenvalue weighted by molar-refractivity contribution is 0.102. The number of carbonyl (C=O) groups is 1. The Bertz CT molecular complexity index is 614. The third kappa shape index (κ3) is 2.83. The van der Waals surface area contributed by atoms with Crippen molar-refractivity contribution in [3.8, 4) is 0 Å². The molecule has 0 aliphatic heterocycles. The summed E-state index contributed by atoms with van der Waals surface area (Å²) < 4.78 is 40.0. The molecule has 0 aliphatic carbocycles. The maximum atomic E-state index is 13.3. The number of thiophene rings is 1. The second-order valence-electron chi connectivity index (χ2n) is 3.34. The van der Waals surface area contributed by atoms with Crippen LogP contribution in [-0.4, -0.2) is 5.91 Å². The lowest BCUT2D eigenvalue weighted by Gasteiger charge is -2.06. The van der Waals surface area contributed by atoms with Crippen LogP contribution in [0, 0.1) is 20.3 Å². The Hall–Kier alpha value is -1.09. The van der Waals surface area contributed by atoms with Crippen molar-refractivity contribution >= 4 is 45.5 Å². The molecule has 1 aromatic carbocycles. The van der Waals surface area contributed by atoms with Gasteiger partial charge >= 0.3 is 0 Å². The molecule has 2 aromatic rings. The van der Waals surface area contributed by atoms with E-state index in [4.69, 9.17) is 0 Å². The van der Waals surface area contributed by atoms with Gasteiger partial charge in [0, 0.05) is 17.5 Å². The van der Waals surface area contributed by atoms with Gasteiger partial charge in [0.25, 0.3) is 5.91 Å². The molecule has 0 saturated carbocycles. The van der Waals surface area contributed by atoms with Gasteiger partial charge in [0.15, 0.2) is 11.6 Å². The number of amides is 1. The molecule has 1 amide bonds. The van der Waals surface area contributed by atoms with Crippen LogP contribution in [0.25, 0.3) is 0 Å². The highest BCUT2D eigenvalue weighted by Gasteiger charge is 2.15. The Kier molecular flexibility index (Phi) is 3.91. The number of carbonyl (C=O) groups excluding carboxylic acids is 1. The van der Waals surface area contributed by atoms with Crippen LogP contribution in [0.4, 0.5) is 18.9 Å². The van der Waals surface area contributed by atoms with E-state index in [1.165, 1.54) is 11.3 Å². The van der Waals surface area contributed by atoms with Crippen LogP contribution < -0.4 is 5.32 Å². The second kappa shape index (κ2) is 5.27. The highest BCUT2D eigenvalue weighted by molar-refractivity contribution is 14.1. The van der Waals surface area contributed by atoms with Gasteiger partial charge in [-0.2, -0.15) is 0 Å². The van der Waals surface area contributed by atoms with E-state index >= 15 is 0 Å². The van der Waals surface area contributed by atoms with Gasteiger partial charge in [-0.3, -0.25) is 4.79 Å². The lowest BCUT2D eigenvalue weighted by Crippen LogP contribution is -2.13. The topological polar surface area (TPSA) is 29.1 Å². The zero-order valence-corrected chi connectivity index (χ0v) is 11.6. The van der Waals surface area contributed by atoms with Crippen molar-refractivity contribution in [2.75, 3.05) is 5.32 Å². The smallest absolute Gasteiger partial charge is 0.256 e. The maximum absolute atomic E-state index is 13.3. The summed E-state index contributed by atoms with van der Waals surface area (Å²) in [5.41, 5.74) is -0.202. The Labute approximate surface area is 118 Å². The molecule has 0 spiro atoms. The van der Waals surface area contributed by atoms with Gasteiger partial charge in [-0.05, 0) is 28.7 Å². The lowest BCUT2D eigenvalue weighted by atomic mass is 10.2. The molecule has 2 rings (SSSR count). The monoisotopic (exact) mass is 383 g/mol. The molecule has 0 bridgehead atoms. The van der Waals surface area contributed by atoms with Gasteiger partial charge in [-0.1, -0.05) is 0 Å². The van der Waals surface area contributed by atoms with Gasteiger partial charge in [-0.15, -0.1) is 11.3 Å². The first-order valence-electron chi connectivity index (χ1n) is 4.67. The second-order valence-corrected chi connectivity index (χ2v) is 6.15. The summed E-state index contributed by atoms with van der Waals surface area (Å²) in [6.45, 7) is 0. The number of hydrogen-bond donors (Lipinski definition) is 1. The first-order valence-corrected chi connectivity index (χ1v) is 6.63. The molecule has 7 heteroatoms. The van der Waals surface area contributed by atoms with E-state index in [1.807, 2.05) is 22.6 Å². The normalized spacial score (nSPS) is 10.4. The molecule has 0 radical (unpaired) electrons. The van der Waals surface area contributed by atoms with Crippen molar-refractivity contribution in [3.63, 3.8) is 0 Å². The molecule has 1 heterocycles. The maximum Gasteiger partial charge on any atom is 0.256 e. The summed E-state index contributed by atoms with van der Waals surface area (Å²) in [5, 5.41) is 3.70. The summed E-state index contributed by atoms with van der Waals surface area (Å²) >= 11 is 3.36. The quantitative estimate of drug-likeness (QED) is 0.616. The van der Waals surface area contributed by atoms with E-state index in [9.17, 15) is 18.0 Å². The number of halogens is 4. The first kappa shape index (κ1) is 13.3. The van der Waals surface area contributed by atoms with Gasteiger partial charge in [-0.25, -0.2) is 13.2 Å². The summed E-state index contributed by atoms with van der Waals surface area (Å²) in [6, 6.07) is 2.74. The van der Waals surface area contributed by atoms with Crippen LogP contribution in [0.15, 0.2) is 23.6 Å². The largest absolute Gasteiger partial charge is 0.319 e. The van der Waals surface area contributed by atoms with Crippen molar-refractivity contribution in [1.82, 2.24) is 0 Å². The molecule has 0 saturated heterocycles. The van der Waals surface area contributed by atoms with E-state index in [1.54, 1.807) is 11.4 Å². The summed E-state index contributed by atoms with van der Waals surface area (Å²) in [4.78, 5) is 11.7. The van der Waals surface area contributed by atoms with E-state index in [0.29, 0.717) is 11.6 Å². The van der Waals surface area contributed by atoms with Crippen LogP contribution in [0.5, 0.6) is 0 Å². The molecular weight excluding hydrogens is 378 g/mol. The molecule has 0 fully saturated rings. The summed E-state index contributed by atoms with van der Waals surface area (Å²) in [5.74, 6) is -4.19. The van der Waals surface area contributed by atoms with Crippen molar-refractivity contribution in [3.05, 3.63) is 49.5 Å². The van der Waals surface area contributed by atoms with Crippen molar-refractivity contribution in [2.45, 2.75) is 0 Å². The first-order chi connectivity index (χ1) is 8.47. The Morgan fingerprint density at radius 2 is 1.94 bits per heavy atom. The van der Waals surface area contributed by atoms with Crippen LogP contribution in [0.2, 0.25) is 0 Å². The number of benzene rings is 1. The molecule has 18 heavy (non-hydrogen) atoms. The van der Waals surface area contributed by atoms with Gasteiger partial charge in [0.05, 0.1) is 14.1 Å². The van der Waals surface area contributed by atoms with E-state index < -0.39 is 29.0 Å². The molecule has 1 aromatic heterocycles.